The molecule has 3 heterocycles. The molecule has 2 aromatic heterocycles. The van der Waals surface area contributed by atoms with Gasteiger partial charge in [-0.05, 0) is 30.9 Å². The second-order valence-electron chi connectivity index (χ2n) is 5.19. The highest BCUT2D eigenvalue weighted by atomic mass is 16.2. The van der Waals surface area contributed by atoms with E-state index in [1.165, 1.54) is 12.8 Å². The molecule has 1 aliphatic heterocycles. The predicted octanol–water partition coefficient (Wildman–Crippen LogP) is 1.58. The van der Waals surface area contributed by atoms with Crippen molar-refractivity contribution in [3.05, 3.63) is 24.0 Å². The van der Waals surface area contributed by atoms with Gasteiger partial charge in [-0.3, -0.25) is 9.89 Å². The fraction of sp³-hybridized carbons (Fsp3) is 0.462. The molecule has 1 aliphatic carbocycles. The van der Waals surface area contributed by atoms with Gasteiger partial charge in [-0.15, -0.1) is 0 Å². The molecule has 2 atom stereocenters. The van der Waals surface area contributed by atoms with Crippen LogP contribution in [0.25, 0.3) is 11.0 Å². The lowest BCUT2D eigenvalue weighted by Gasteiger charge is -2.44. The van der Waals surface area contributed by atoms with Crippen molar-refractivity contribution in [1.82, 2.24) is 20.1 Å². The zero-order chi connectivity index (χ0) is 12.1. The number of nitrogens with zero attached hydrogens (tertiary/aromatic N) is 3. The average Bonchev–Trinajstić information content (AvgIpc) is 2.94. The van der Waals surface area contributed by atoms with Crippen molar-refractivity contribution in [2.24, 2.45) is 5.92 Å². The van der Waals surface area contributed by atoms with E-state index in [4.69, 9.17) is 0 Å². The molecule has 4 rings (SSSR count). The normalized spacial score (nSPS) is 26.1. The van der Waals surface area contributed by atoms with Crippen LogP contribution < -0.4 is 0 Å². The second kappa shape index (κ2) is 3.54. The summed E-state index contributed by atoms with van der Waals surface area (Å²) in [6.07, 6.45) is 5.37. The van der Waals surface area contributed by atoms with Crippen LogP contribution in [0.1, 0.15) is 29.8 Å². The van der Waals surface area contributed by atoms with Crippen molar-refractivity contribution in [3.8, 4) is 0 Å². The monoisotopic (exact) mass is 242 g/mol. The van der Waals surface area contributed by atoms with E-state index < -0.39 is 0 Å². The summed E-state index contributed by atoms with van der Waals surface area (Å²) in [5.41, 5.74) is 1.20. The van der Waals surface area contributed by atoms with Crippen LogP contribution in [0.15, 0.2) is 18.3 Å². The van der Waals surface area contributed by atoms with E-state index in [2.05, 4.69) is 15.2 Å². The molecule has 2 unspecified atom stereocenters. The topological polar surface area (TPSA) is 61.9 Å². The Hall–Kier alpha value is -1.91. The Kier molecular flexibility index (Phi) is 1.98. The second-order valence-corrected chi connectivity index (χ2v) is 5.19. The standard InChI is InChI=1S/C13H14N4O/c18-13(17-7-8-3-1-5-10(8)17)11-9-4-2-6-14-12(9)16-15-11/h2,4,6,8,10H,1,3,5,7H2,(H,14,15,16). The van der Waals surface area contributed by atoms with Gasteiger partial charge < -0.3 is 4.90 Å². The Morgan fingerprint density at radius 2 is 2.39 bits per heavy atom. The number of carbonyl (C=O) groups is 1. The van der Waals surface area contributed by atoms with Crippen LogP contribution in [0, 0.1) is 5.92 Å². The third-order valence-corrected chi connectivity index (χ3v) is 4.25. The summed E-state index contributed by atoms with van der Waals surface area (Å²) in [5.74, 6) is 0.815. The first-order chi connectivity index (χ1) is 8.84. The van der Waals surface area contributed by atoms with Gasteiger partial charge in [0.05, 0.1) is 5.39 Å². The van der Waals surface area contributed by atoms with E-state index in [9.17, 15) is 4.79 Å². The predicted molar refractivity (Wildman–Crippen MR) is 66.1 cm³/mol. The van der Waals surface area contributed by atoms with Crippen molar-refractivity contribution in [2.45, 2.75) is 25.3 Å². The Bertz CT molecular complexity index is 620. The lowest BCUT2D eigenvalue weighted by molar-refractivity contribution is 0.0265. The number of pyridine rings is 1. The lowest BCUT2D eigenvalue weighted by Crippen LogP contribution is -2.56. The van der Waals surface area contributed by atoms with Crippen LogP contribution in [-0.2, 0) is 0 Å². The fourth-order valence-corrected chi connectivity index (χ4v) is 3.28. The van der Waals surface area contributed by atoms with E-state index in [0.717, 1.165) is 24.3 Å². The molecule has 0 bridgehead atoms. The summed E-state index contributed by atoms with van der Waals surface area (Å²) < 4.78 is 0. The Morgan fingerprint density at radius 3 is 3.28 bits per heavy atom. The van der Waals surface area contributed by atoms with Crippen LogP contribution in [-0.4, -0.2) is 38.6 Å². The Balaban J connectivity index is 1.69. The first kappa shape index (κ1) is 10.1. The van der Waals surface area contributed by atoms with Crippen LogP contribution in [0.4, 0.5) is 0 Å². The lowest BCUT2D eigenvalue weighted by atomic mass is 9.91. The van der Waals surface area contributed by atoms with Crippen LogP contribution >= 0.6 is 0 Å². The first-order valence-electron chi connectivity index (χ1n) is 6.44. The van der Waals surface area contributed by atoms with Crippen molar-refractivity contribution in [2.75, 3.05) is 6.54 Å². The number of aromatic amines is 1. The van der Waals surface area contributed by atoms with E-state index in [-0.39, 0.29) is 5.91 Å². The smallest absolute Gasteiger partial charge is 0.272 e. The number of aromatic nitrogens is 3. The molecular weight excluding hydrogens is 228 g/mol. The van der Waals surface area contributed by atoms with Crippen LogP contribution in [0.5, 0.6) is 0 Å². The van der Waals surface area contributed by atoms with Gasteiger partial charge in [-0.1, -0.05) is 6.42 Å². The van der Waals surface area contributed by atoms with Gasteiger partial charge in [0.1, 0.15) is 5.69 Å². The summed E-state index contributed by atoms with van der Waals surface area (Å²) in [4.78, 5) is 18.6. The summed E-state index contributed by atoms with van der Waals surface area (Å²) in [6.45, 7) is 0.907. The Morgan fingerprint density at radius 1 is 1.44 bits per heavy atom. The molecule has 1 N–H and O–H groups in total. The number of H-pyrrole nitrogens is 1. The molecule has 5 heteroatoms. The Labute approximate surface area is 104 Å². The number of fused-ring (bicyclic) bond motifs is 2. The number of hydrogen-bond acceptors (Lipinski definition) is 3. The van der Waals surface area contributed by atoms with E-state index in [1.54, 1.807) is 6.20 Å². The highest BCUT2D eigenvalue weighted by Gasteiger charge is 2.45. The largest absolute Gasteiger partial charge is 0.334 e. The van der Waals surface area contributed by atoms with Gasteiger partial charge in [0.15, 0.2) is 5.65 Å². The highest BCUT2D eigenvalue weighted by Crippen LogP contribution is 2.39. The van der Waals surface area contributed by atoms with Gasteiger partial charge in [0, 0.05) is 18.8 Å². The minimum absolute atomic E-state index is 0.0775. The van der Waals surface area contributed by atoms with Gasteiger partial charge in [0.25, 0.3) is 5.91 Å². The number of carbonyl (C=O) groups excluding carboxylic acids is 1. The molecule has 5 nitrogen and oxygen atoms in total. The quantitative estimate of drug-likeness (QED) is 0.825. The molecule has 2 fully saturated rings. The van der Waals surface area contributed by atoms with E-state index in [1.807, 2.05) is 17.0 Å². The maximum absolute atomic E-state index is 12.5. The SMILES string of the molecule is O=C(c1[nH]nc2ncccc12)N1CC2CCCC21. The maximum Gasteiger partial charge on any atom is 0.272 e. The number of rotatable bonds is 1. The van der Waals surface area contributed by atoms with Gasteiger partial charge >= 0.3 is 0 Å². The number of nitrogens with one attached hydrogen (secondary N) is 1. The first-order valence-corrected chi connectivity index (χ1v) is 6.44. The third-order valence-electron chi connectivity index (χ3n) is 4.25. The minimum atomic E-state index is 0.0775. The molecule has 2 aromatic rings. The highest BCUT2D eigenvalue weighted by molar-refractivity contribution is 6.04. The van der Waals surface area contributed by atoms with E-state index in [0.29, 0.717) is 17.4 Å². The van der Waals surface area contributed by atoms with Gasteiger partial charge in [-0.2, -0.15) is 5.10 Å². The van der Waals surface area contributed by atoms with Crippen molar-refractivity contribution in [1.29, 1.82) is 0 Å². The summed E-state index contributed by atoms with van der Waals surface area (Å²) in [6, 6.07) is 4.20. The molecule has 2 aliphatic rings. The zero-order valence-electron chi connectivity index (χ0n) is 9.97. The van der Waals surface area contributed by atoms with Crippen LogP contribution in [0.3, 0.4) is 0 Å². The number of amides is 1. The maximum atomic E-state index is 12.5. The molecular formula is C13H14N4O. The molecule has 0 spiro atoms. The zero-order valence-corrected chi connectivity index (χ0v) is 9.97. The molecule has 0 aromatic carbocycles. The van der Waals surface area contributed by atoms with Gasteiger partial charge in [-0.25, -0.2) is 4.98 Å². The average molecular weight is 242 g/mol. The van der Waals surface area contributed by atoms with Crippen molar-refractivity contribution in [3.63, 3.8) is 0 Å². The van der Waals surface area contributed by atoms with Gasteiger partial charge in [0.2, 0.25) is 0 Å². The van der Waals surface area contributed by atoms with Crippen molar-refractivity contribution < 1.29 is 4.79 Å². The molecule has 1 amide bonds. The minimum Gasteiger partial charge on any atom is -0.334 e. The molecule has 1 saturated carbocycles. The molecule has 1 saturated heterocycles. The summed E-state index contributed by atoms with van der Waals surface area (Å²) in [5, 5.41) is 7.74. The number of hydrogen-bond donors (Lipinski definition) is 1. The third kappa shape index (κ3) is 1.24. The summed E-state index contributed by atoms with van der Waals surface area (Å²) in [7, 11) is 0. The molecule has 18 heavy (non-hydrogen) atoms. The fourth-order valence-electron chi connectivity index (χ4n) is 3.28. The van der Waals surface area contributed by atoms with Crippen molar-refractivity contribution >= 4 is 16.9 Å². The summed E-state index contributed by atoms with van der Waals surface area (Å²) >= 11 is 0. The molecule has 0 radical (unpaired) electrons. The number of likely N-dealkylation sites (tertiary alicyclic amines) is 1. The van der Waals surface area contributed by atoms with Crippen LogP contribution in [0.2, 0.25) is 0 Å². The molecule has 92 valence electrons. The van der Waals surface area contributed by atoms with E-state index >= 15 is 0 Å².